The van der Waals surface area contributed by atoms with Gasteiger partial charge in [-0.15, -0.1) is 0 Å². The Morgan fingerprint density at radius 1 is 1.35 bits per heavy atom. The number of nitrogens with zero attached hydrogens (tertiary/aromatic N) is 3. The molecular weight excluding hydrogens is 260 g/mol. The van der Waals surface area contributed by atoms with Gasteiger partial charge in [0.15, 0.2) is 0 Å². The molecule has 0 amide bonds. The Morgan fingerprint density at radius 2 is 1.95 bits per heavy atom. The first-order valence-electron chi connectivity index (χ1n) is 6.63. The molecule has 0 aliphatic rings. The van der Waals surface area contributed by atoms with Crippen LogP contribution in [0.4, 0.5) is 11.5 Å². The maximum absolute atomic E-state index is 11.3. The van der Waals surface area contributed by atoms with Gasteiger partial charge in [-0.2, -0.15) is 4.98 Å². The fourth-order valence-corrected chi connectivity index (χ4v) is 1.55. The highest BCUT2D eigenvalue weighted by atomic mass is 16.6. The Balaban J connectivity index is 3.46. The highest BCUT2D eigenvalue weighted by Crippen LogP contribution is 2.34. The van der Waals surface area contributed by atoms with E-state index in [2.05, 4.69) is 15.3 Å². The molecule has 0 aliphatic carbocycles. The summed E-state index contributed by atoms with van der Waals surface area (Å²) in [5.41, 5.74) is -0.567. The summed E-state index contributed by atoms with van der Waals surface area (Å²) in [5.74, 6) is 0.786. The molecule has 0 spiro atoms. The first-order valence-corrected chi connectivity index (χ1v) is 6.63. The molecule has 1 aromatic rings. The molecule has 0 atom stereocenters. The van der Waals surface area contributed by atoms with Crippen LogP contribution in [0.5, 0.6) is 5.88 Å². The molecule has 1 rings (SSSR count). The average Bonchev–Trinajstić information content (AvgIpc) is 2.25. The predicted octanol–water partition coefficient (Wildman–Crippen LogP) is 3.12. The monoisotopic (exact) mass is 282 g/mol. The lowest BCUT2D eigenvalue weighted by atomic mass is 10.1. The van der Waals surface area contributed by atoms with Crippen LogP contribution in [0.3, 0.4) is 0 Å². The van der Waals surface area contributed by atoms with E-state index in [1.165, 1.54) is 0 Å². The standard InChI is InChI=1S/C13H22N4O3/c1-7-20-12-9(17(18)19)11(16-13(4,5)6)14-10(15-12)8(2)3/h8H,7H2,1-6H3,(H,14,15,16). The first kappa shape index (κ1) is 16.1. The Bertz CT molecular complexity index is 495. The van der Waals surface area contributed by atoms with Gasteiger partial charge in [-0.05, 0) is 27.7 Å². The summed E-state index contributed by atoms with van der Waals surface area (Å²) < 4.78 is 5.31. The fourth-order valence-electron chi connectivity index (χ4n) is 1.55. The third kappa shape index (κ3) is 4.04. The highest BCUT2D eigenvalue weighted by molar-refractivity contribution is 5.62. The minimum atomic E-state index is -0.511. The van der Waals surface area contributed by atoms with Gasteiger partial charge in [0.25, 0.3) is 5.88 Å². The van der Waals surface area contributed by atoms with E-state index >= 15 is 0 Å². The summed E-state index contributed by atoms with van der Waals surface area (Å²) in [4.78, 5) is 19.2. The van der Waals surface area contributed by atoms with E-state index in [9.17, 15) is 10.1 Å². The maximum atomic E-state index is 11.3. The molecular formula is C13H22N4O3. The van der Waals surface area contributed by atoms with Crippen LogP contribution in [0, 0.1) is 10.1 Å². The number of ether oxygens (including phenoxy) is 1. The molecule has 0 fully saturated rings. The first-order chi connectivity index (χ1) is 9.15. The van der Waals surface area contributed by atoms with Crippen molar-refractivity contribution in [3.63, 3.8) is 0 Å². The predicted molar refractivity (Wildman–Crippen MR) is 77.3 cm³/mol. The quantitative estimate of drug-likeness (QED) is 0.659. The highest BCUT2D eigenvalue weighted by Gasteiger charge is 2.29. The lowest BCUT2D eigenvalue weighted by molar-refractivity contribution is -0.385. The van der Waals surface area contributed by atoms with E-state index in [0.717, 1.165) is 0 Å². The molecule has 0 bridgehead atoms. The van der Waals surface area contributed by atoms with Crippen molar-refractivity contribution in [1.29, 1.82) is 0 Å². The van der Waals surface area contributed by atoms with Crippen molar-refractivity contribution < 1.29 is 9.66 Å². The normalized spacial score (nSPS) is 11.6. The molecule has 0 radical (unpaired) electrons. The van der Waals surface area contributed by atoms with Crippen LogP contribution in [0.15, 0.2) is 0 Å². The van der Waals surface area contributed by atoms with Crippen LogP contribution >= 0.6 is 0 Å². The van der Waals surface area contributed by atoms with Crippen molar-refractivity contribution in [3.8, 4) is 5.88 Å². The van der Waals surface area contributed by atoms with E-state index in [4.69, 9.17) is 4.74 Å². The minimum Gasteiger partial charge on any atom is -0.473 e. The molecule has 0 aliphatic heterocycles. The molecule has 20 heavy (non-hydrogen) atoms. The summed E-state index contributed by atoms with van der Waals surface area (Å²) >= 11 is 0. The fraction of sp³-hybridized carbons (Fsp3) is 0.692. The van der Waals surface area contributed by atoms with E-state index in [-0.39, 0.29) is 28.8 Å². The van der Waals surface area contributed by atoms with E-state index in [1.807, 2.05) is 34.6 Å². The zero-order valence-electron chi connectivity index (χ0n) is 12.9. The van der Waals surface area contributed by atoms with Crippen molar-refractivity contribution >= 4 is 11.5 Å². The Kier molecular flexibility index (Phi) is 4.86. The second-order valence-corrected chi connectivity index (χ2v) is 5.80. The van der Waals surface area contributed by atoms with Crippen molar-refractivity contribution in [2.24, 2.45) is 0 Å². The molecule has 0 saturated carbocycles. The van der Waals surface area contributed by atoms with Gasteiger partial charge in [-0.25, -0.2) is 4.98 Å². The van der Waals surface area contributed by atoms with Gasteiger partial charge in [-0.1, -0.05) is 13.8 Å². The van der Waals surface area contributed by atoms with E-state index in [0.29, 0.717) is 12.4 Å². The molecule has 1 heterocycles. The zero-order chi connectivity index (χ0) is 15.5. The molecule has 7 nitrogen and oxygen atoms in total. The van der Waals surface area contributed by atoms with Crippen molar-refractivity contribution in [2.45, 2.75) is 53.0 Å². The Hall–Kier alpha value is -1.92. The van der Waals surface area contributed by atoms with Crippen LogP contribution in [-0.2, 0) is 0 Å². The molecule has 0 saturated heterocycles. The SMILES string of the molecule is CCOc1nc(C(C)C)nc(NC(C)(C)C)c1[N+](=O)[O-]. The van der Waals surface area contributed by atoms with Crippen molar-refractivity contribution in [3.05, 3.63) is 15.9 Å². The van der Waals surface area contributed by atoms with Gasteiger partial charge >= 0.3 is 5.69 Å². The van der Waals surface area contributed by atoms with Crippen LogP contribution in [0.25, 0.3) is 0 Å². The summed E-state index contributed by atoms with van der Waals surface area (Å²) in [5, 5.41) is 14.3. The third-order valence-electron chi connectivity index (χ3n) is 2.34. The molecule has 1 N–H and O–H groups in total. The summed E-state index contributed by atoms with van der Waals surface area (Å²) in [6.07, 6.45) is 0. The number of rotatable bonds is 5. The summed E-state index contributed by atoms with van der Waals surface area (Å²) in [6, 6.07) is 0. The average molecular weight is 282 g/mol. The number of hydrogen-bond donors (Lipinski definition) is 1. The van der Waals surface area contributed by atoms with Crippen molar-refractivity contribution in [2.75, 3.05) is 11.9 Å². The van der Waals surface area contributed by atoms with Crippen molar-refractivity contribution in [1.82, 2.24) is 9.97 Å². The van der Waals surface area contributed by atoms with Gasteiger partial charge in [0.2, 0.25) is 5.82 Å². The number of anilines is 1. The Labute approximate surface area is 118 Å². The smallest absolute Gasteiger partial charge is 0.372 e. The number of nitrogens with one attached hydrogen (secondary N) is 1. The molecule has 7 heteroatoms. The lowest BCUT2D eigenvalue weighted by Gasteiger charge is -2.22. The zero-order valence-corrected chi connectivity index (χ0v) is 12.9. The second-order valence-electron chi connectivity index (χ2n) is 5.80. The van der Waals surface area contributed by atoms with Crippen LogP contribution in [0.2, 0.25) is 0 Å². The topological polar surface area (TPSA) is 90.2 Å². The minimum absolute atomic E-state index is 0.0166. The molecule has 1 aromatic heterocycles. The van der Waals surface area contributed by atoms with Crippen LogP contribution in [-0.4, -0.2) is 27.0 Å². The summed E-state index contributed by atoms with van der Waals surface area (Å²) in [7, 11) is 0. The molecule has 0 unspecified atom stereocenters. The van der Waals surface area contributed by atoms with Gasteiger partial charge in [0.05, 0.1) is 11.5 Å². The maximum Gasteiger partial charge on any atom is 0.372 e. The third-order valence-corrected chi connectivity index (χ3v) is 2.34. The van der Waals surface area contributed by atoms with E-state index in [1.54, 1.807) is 6.92 Å². The number of nitro groups is 1. The van der Waals surface area contributed by atoms with Crippen LogP contribution < -0.4 is 10.1 Å². The second kappa shape index (κ2) is 6.02. The Morgan fingerprint density at radius 3 is 2.35 bits per heavy atom. The lowest BCUT2D eigenvalue weighted by Crippen LogP contribution is -2.28. The van der Waals surface area contributed by atoms with Crippen LogP contribution in [0.1, 0.15) is 53.3 Å². The largest absolute Gasteiger partial charge is 0.473 e. The van der Waals surface area contributed by atoms with Gasteiger partial charge in [0, 0.05) is 11.5 Å². The molecule has 0 aromatic carbocycles. The van der Waals surface area contributed by atoms with Gasteiger partial charge < -0.3 is 10.1 Å². The molecule has 112 valence electrons. The van der Waals surface area contributed by atoms with Gasteiger partial charge in [-0.3, -0.25) is 10.1 Å². The van der Waals surface area contributed by atoms with Gasteiger partial charge in [0.1, 0.15) is 5.82 Å². The summed E-state index contributed by atoms with van der Waals surface area (Å²) in [6.45, 7) is 11.7. The van der Waals surface area contributed by atoms with E-state index < -0.39 is 4.92 Å². The number of hydrogen-bond acceptors (Lipinski definition) is 6. The number of aromatic nitrogens is 2.